The second kappa shape index (κ2) is 6.37. The summed E-state index contributed by atoms with van der Waals surface area (Å²) in [5.41, 5.74) is 0.180. The van der Waals surface area contributed by atoms with Crippen LogP contribution < -0.4 is 5.32 Å². The molecule has 8 heteroatoms. The number of hydrogen-bond donors (Lipinski definition) is 1. The number of halogens is 1. The highest BCUT2D eigenvalue weighted by atomic mass is 35.5. The average Bonchev–Trinajstić information content (AvgIpc) is 2.87. The van der Waals surface area contributed by atoms with E-state index in [9.17, 15) is 9.59 Å². The first-order chi connectivity index (χ1) is 10.8. The zero-order valence-electron chi connectivity index (χ0n) is 13.3. The number of rotatable bonds is 4. The molecule has 0 atom stereocenters. The van der Waals surface area contributed by atoms with Gasteiger partial charge in [-0.1, -0.05) is 22.9 Å². The number of nitrogens with one attached hydrogen (secondary N) is 1. The Morgan fingerprint density at radius 1 is 1.35 bits per heavy atom. The number of aromatic nitrogens is 3. The monoisotopic (exact) mass is 336 g/mol. The lowest BCUT2D eigenvalue weighted by molar-refractivity contribution is -0.146. The summed E-state index contributed by atoms with van der Waals surface area (Å²) in [4.78, 5) is 24.0. The lowest BCUT2D eigenvalue weighted by atomic mass is 10.1. The Morgan fingerprint density at radius 3 is 2.65 bits per heavy atom. The van der Waals surface area contributed by atoms with Gasteiger partial charge >= 0.3 is 5.97 Å². The van der Waals surface area contributed by atoms with Gasteiger partial charge in [0, 0.05) is 5.02 Å². The van der Waals surface area contributed by atoms with E-state index in [4.69, 9.17) is 11.6 Å². The van der Waals surface area contributed by atoms with Gasteiger partial charge in [-0.25, -0.2) is 9.48 Å². The Kier molecular flexibility index (Phi) is 4.70. The lowest BCUT2D eigenvalue weighted by Gasteiger charge is -2.22. The fourth-order valence-corrected chi connectivity index (χ4v) is 2.23. The summed E-state index contributed by atoms with van der Waals surface area (Å²) in [6, 6.07) is 7.03. The number of methoxy groups -OCH3 is 1. The van der Waals surface area contributed by atoms with Gasteiger partial charge in [-0.15, -0.1) is 5.10 Å². The lowest BCUT2D eigenvalue weighted by Crippen LogP contribution is -2.50. The number of carbonyl (C=O) groups excluding carboxylic acids is 2. The molecule has 122 valence electrons. The SMILES string of the molecule is COC(=O)C(C)(C)NC(=O)c1nnn(-c2cccc(Cl)c2)c1C. The molecule has 1 N–H and O–H groups in total. The molecule has 23 heavy (non-hydrogen) atoms. The van der Waals surface area contributed by atoms with Crippen molar-refractivity contribution < 1.29 is 14.3 Å². The highest BCUT2D eigenvalue weighted by Gasteiger charge is 2.32. The van der Waals surface area contributed by atoms with Crippen LogP contribution >= 0.6 is 11.6 Å². The molecule has 0 radical (unpaired) electrons. The van der Waals surface area contributed by atoms with Gasteiger partial charge in [0.15, 0.2) is 5.69 Å². The minimum absolute atomic E-state index is 0.127. The minimum atomic E-state index is -1.17. The van der Waals surface area contributed by atoms with Crippen molar-refractivity contribution in [2.75, 3.05) is 7.11 Å². The summed E-state index contributed by atoms with van der Waals surface area (Å²) in [6.45, 7) is 4.81. The van der Waals surface area contributed by atoms with Crippen LogP contribution in [0, 0.1) is 6.92 Å². The van der Waals surface area contributed by atoms with Crippen LogP contribution in [0.25, 0.3) is 5.69 Å². The zero-order chi connectivity index (χ0) is 17.2. The fraction of sp³-hybridized carbons (Fsp3) is 0.333. The number of ether oxygens (including phenoxy) is 1. The third kappa shape index (κ3) is 3.50. The maximum Gasteiger partial charge on any atom is 0.330 e. The van der Waals surface area contributed by atoms with E-state index in [0.29, 0.717) is 16.4 Å². The number of hydrogen-bond acceptors (Lipinski definition) is 5. The normalized spacial score (nSPS) is 11.2. The summed E-state index contributed by atoms with van der Waals surface area (Å²) < 4.78 is 6.17. The summed E-state index contributed by atoms with van der Waals surface area (Å²) in [7, 11) is 1.26. The zero-order valence-corrected chi connectivity index (χ0v) is 14.0. The molecule has 0 aliphatic carbocycles. The van der Waals surface area contributed by atoms with Crippen molar-refractivity contribution in [1.29, 1.82) is 0 Å². The molecule has 1 aromatic heterocycles. The van der Waals surface area contributed by atoms with Gasteiger partial charge in [0.25, 0.3) is 5.91 Å². The van der Waals surface area contributed by atoms with Crippen LogP contribution in [0.1, 0.15) is 30.0 Å². The molecule has 0 unspecified atom stereocenters. The first-order valence-electron chi connectivity index (χ1n) is 6.85. The third-order valence-corrected chi connectivity index (χ3v) is 3.52. The van der Waals surface area contributed by atoms with E-state index in [1.165, 1.54) is 11.8 Å². The number of amides is 1. The van der Waals surface area contributed by atoms with Crippen molar-refractivity contribution >= 4 is 23.5 Å². The van der Waals surface area contributed by atoms with Crippen LogP contribution in [0.4, 0.5) is 0 Å². The van der Waals surface area contributed by atoms with Crippen molar-refractivity contribution in [2.45, 2.75) is 26.3 Å². The van der Waals surface area contributed by atoms with E-state index in [1.807, 2.05) is 0 Å². The molecule has 7 nitrogen and oxygen atoms in total. The van der Waals surface area contributed by atoms with Gasteiger partial charge in [0.2, 0.25) is 0 Å². The van der Waals surface area contributed by atoms with Crippen molar-refractivity contribution in [3.05, 3.63) is 40.7 Å². The maximum absolute atomic E-state index is 12.4. The summed E-state index contributed by atoms with van der Waals surface area (Å²) in [5, 5.41) is 11.0. The molecule has 0 fully saturated rings. The Morgan fingerprint density at radius 2 is 2.04 bits per heavy atom. The second-order valence-electron chi connectivity index (χ2n) is 5.49. The van der Waals surface area contributed by atoms with E-state index >= 15 is 0 Å². The Balaban J connectivity index is 2.29. The van der Waals surface area contributed by atoms with Crippen LogP contribution in [-0.2, 0) is 9.53 Å². The van der Waals surface area contributed by atoms with Crippen LogP contribution in [0.15, 0.2) is 24.3 Å². The number of carbonyl (C=O) groups is 2. The molecule has 0 saturated heterocycles. The Bertz CT molecular complexity index is 755. The molecule has 1 amide bonds. The Hall–Kier alpha value is -2.41. The van der Waals surface area contributed by atoms with E-state index < -0.39 is 17.4 Å². The van der Waals surface area contributed by atoms with E-state index in [-0.39, 0.29) is 5.69 Å². The molecule has 1 aromatic carbocycles. The van der Waals surface area contributed by atoms with Crippen molar-refractivity contribution in [1.82, 2.24) is 20.3 Å². The first-order valence-corrected chi connectivity index (χ1v) is 7.23. The maximum atomic E-state index is 12.4. The van der Waals surface area contributed by atoms with Crippen LogP contribution in [0.3, 0.4) is 0 Å². The number of nitrogens with zero attached hydrogens (tertiary/aromatic N) is 3. The van der Waals surface area contributed by atoms with Crippen LogP contribution in [-0.4, -0.2) is 39.5 Å². The largest absolute Gasteiger partial charge is 0.467 e. The van der Waals surface area contributed by atoms with Crippen LogP contribution in [0.2, 0.25) is 5.02 Å². The first kappa shape index (κ1) is 17.0. The summed E-state index contributed by atoms with van der Waals surface area (Å²) in [6.07, 6.45) is 0. The third-order valence-electron chi connectivity index (χ3n) is 3.28. The highest BCUT2D eigenvalue weighted by molar-refractivity contribution is 6.30. The van der Waals surface area contributed by atoms with Gasteiger partial charge in [0.05, 0.1) is 18.5 Å². The Labute approximate surface area is 138 Å². The predicted octanol–water partition coefficient (Wildman–Crippen LogP) is 1.91. The van der Waals surface area contributed by atoms with Gasteiger partial charge in [0.1, 0.15) is 5.54 Å². The molecule has 0 aliphatic heterocycles. The molecule has 0 saturated carbocycles. The van der Waals surface area contributed by atoms with Gasteiger partial charge in [-0.05, 0) is 39.0 Å². The van der Waals surface area contributed by atoms with Gasteiger partial charge < -0.3 is 10.1 Å². The van der Waals surface area contributed by atoms with Crippen LogP contribution in [0.5, 0.6) is 0 Å². The summed E-state index contributed by atoms with van der Waals surface area (Å²) in [5.74, 6) is -1.06. The molecule has 1 heterocycles. The van der Waals surface area contributed by atoms with Crippen molar-refractivity contribution in [3.63, 3.8) is 0 Å². The van der Waals surface area contributed by atoms with E-state index in [0.717, 1.165) is 0 Å². The van der Waals surface area contributed by atoms with Crippen molar-refractivity contribution in [2.24, 2.45) is 0 Å². The minimum Gasteiger partial charge on any atom is -0.467 e. The topological polar surface area (TPSA) is 86.1 Å². The average molecular weight is 337 g/mol. The highest BCUT2D eigenvalue weighted by Crippen LogP contribution is 2.17. The predicted molar refractivity (Wildman–Crippen MR) is 84.7 cm³/mol. The van der Waals surface area contributed by atoms with Gasteiger partial charge in [-0.2, -0.15) is 0 Å². The standard InChI is InChI=1S/C15H17ClN4O3/c1-9-12(13(21)17-15(2,3)14(22)23-4)18-19-20(9)11-7-5-6-10(16)8-11/h5-8H,1-4H3,(H,17,21). The molecule has 0 aliphatic rings. The van der Waals surface area contributed by atoms with E-state index in [1.54, 1.807) is 45.0 Å². The van der Waals surface area contributed by atoms with Crippen molar-refractivity contribution in [3.8, 4) is 5.69 Å². The molecule has 2 rings (SSSR count). The molecular weight excluding hydrogens is 320 g/mol. The number of esters is 1. The molecular formula is C15H17ClN4O3. The van der Waals surface area contributed by atoms with Gasteiger partial charge in [-0.3, -0.25) is 4.79 Å². The molecule has 2 aromatic rings. The molecule has 0 spiro atoms. The smallest absolute Gasteiger partial charge is 0.330 e. The number of benzene rings is 1. The second-order valence-corrected chi connectivity index (χ2v) is 5.92. The van der Waals surface area contributed by atoms with E-state index in [2.05, 4.69) is 20.4 Å². The fourth-order valence-electron chi connectivity index (χ4n) is 2.04. The quantitative estimate of drug-likeness (QED) is 0.862. The summed E-state index contributed by atoms with van der Waals surface area (Å²) >= 11 is 5.96. The molecule has 0 bridgehead atoms.